The van der Waals surface area contributed by atoms with Crippen LogP contribution in [0, 0.1) is 0 Å². The summed E-state index contributed by atoms with van der Waals surface area (Å²) in [5.74, 6) is 0.109. The van der Waals surface area contributed by atoms with Crippen molar-refractivity contribution in [2.24, 2.45) is 5.73 Å². The second-order valence-electron chi connectivity index (χ2n) is 5.41. The van der Waals surface area contributed by atoms with Gasteiger partial charge in [0, 0.05) is 24.7 Å². The van der Waals surface area contributed by atoms with E-state index in [1.807, 2.05) is 20.8 Å². The molecule has 1 aliphatic rings. The van der Waals surface area contributed by atoms with E-state index in [1.165, 1.54) is 0 Å². The van der Waals surface area contributed by atoms with Gasteiger partial charge in [-0.05, 0) is 33.6 Å². The first-order valence-electron chi connectivity index (χ1n) is 5.66. The molecule has 0 aliphatic carbocycles. The second kappa shape index (κ2) is 6.42. The van der Waals surface area contributed by atoms with Crippen molar-refractivity contribution in [1.29, 1.82) is 0 Å². The summed E-state index contributed by atoms with van der Waals surface area (Å²) < 4.78 is 0. The number of carbonyl (C=O) groups excluding carboxylic acids is 1. The van der Waals surface area contributed by atoms with Gasteiger partial charge in [-0.15, -0.1) is 12.4 Å². The highest BCUT2D eigenvalue weighted by atomic mass is 35.5. The van der Waals surface area contributed by atoms with Crippen molar-refractivity contribution in [3.63, 3.8) is 0 Å². The third kappa shape index (κ3) is 6.30. The summed E-state index contributed by atoms with van der Waals surface area (Å²) in [6.07, 6.45) is 2.01. The van der Waals surface area contributed by atoms with E-state index in [-0.39, 0.29) is 23.9 Å². The molecule has 0 aromatic carbocycles. The molecule has 0 bridgehead atoms. The fourth-order valence-electron chi connectivity index (χ4n) is 1.77. The molecular weight excluding hydrogens is 226 g/mol. The molecule has 0 atom stereocenters. The first-order valence-corrected chi connectivity index (χ1v) is 5.66. The van der Waals surface area contributed by atoms with E-state index in [0.717, 1.165) is 25.9 Å². The Morgan fingerprint density at radius 1 is 1.38 bits per heavy atom. The minimum absolute atomic E-state index is 0. The van der Waals surface area contributed by atoms with Crippen LogP contribution in [0.1, 0.15) is 33.6 Å². The molecule has 1 rings (SSSR count). The maximum absolute atomic E-state index is 11.6. The van der Waals surface area contributed by atoms with Crippen molar-refractivity contribution in [3.8, 4) is 0 Å². The minimum atomic E-state index is -0.136. The fraction of sp³-hybridized carbons (Fsp3) is 0.909. The molecule has 0 radical (unpaired) electrons. The van der Waals surface area contributed by atoms with Crippen molar-refractivity contribution in [2.45, 2.75) is 45.2 Å². The van der Waals surface area contributed by atoms with Crippen molar-refractivity contribution < 1.29 is 4.79 Å². The molecule has 1 aliphatic heterocycles. The van der Waals surface area contributed by atoms with Gasteiger partial charge in [0.2, 0.25) is 5.91 Å². The molecule has 1 saturated heterocycles. The fourth-order valence-corrected chi connectivity index (χ4v) is 1.77. The molecule has 1 amide bonds. The lowest BCUT2D eigenvalue weighted by atomic mass is 10.1. The van der Waals surface area contributed by atoms with Crippen molar-refractivity contribution in [2.75, 3.05) is 19.6 Å². The Hall–Kier alpha value is -0.320. The molecule has 1 heterocycles. The van der Waals surface area contributed by atoms with Crippen LogP contribution in [0.5, 0.6) is 0 Å². The minimum Gasteiger partial charge on any atom is -0.350 e. The van der Waals surface area contributed by atoms with Gasteiger partial charge in [0.15, 0.2) is 0 Å². The van der Waals surface area contributed by atoms with Gasteiger partial charge < -0.3 is 11.1 Å². The number of rotatable bonds is 2. The van der Waals surface area contributed by atoms with Crippen LogP contribution in [0.2, 0.25) is 0 Å². The number of hydrogen-bond acceptors (Lipinski definition) is 3. The Morgan fingerprint density at radius 2 is 1.88 bits per heavy atom. The number of halogens is 1. The lowest BCUT2D eigenvalue weighted by molar-refractivity contribution is -0.123. The monoisotopic (exact) mass is 249 g/mol. The standard InChI is InChI=1S/C11H23N3O.ClH/c1-11(2,3)13-10(15)8-14-6-4-9(12)5-7-14;/h9H,4-8,12H2,1-3H3,(H,13,15);1H. The Morgan fingerprint density at radius 3 is 2.31 bits per heavy atom. The van der Waals surface area contributed by atoms with Crippen LogP contribution in [-0.4, -0.2) is 42.0 Å². The molecule has 1 fully saturated rings. The molecular formula is C11H24ClN3O. The number of piperidine rings is 1. The highest BCUT2D eigenvalue weighted by molar-refractivity contribution is 5.85. The van der Waals surface area contributed by atoms with E-state index in [0.29, 0.717) is 12.6 Å². The summed E-state index contributed by atoms with van der Waals surface area (Å²) in [6, 6.07) is 0.326. The molecule has 0 aromatic rings. The number of nitrogens with two attached hydrogens (primary N) is 1. The number of amides is 1. The molecule has 0 saturated carbocycles. The van der Waals surface area contributed by atoms with E-state index in [1.54, 1.807) is 0 Å². The van der Waals surface area contributed by atoms with Gasteiger partial charge >= 0.3 is 0 Å². The zero-order valence-electron chi connectivity index (χ0n) is 10.5. The first kappa shape index (κ1) is 15.7. The number of nitrogens with one attached hydrogen (secondary N) is 1. The summed E-state index contributed by atoms with van der Waals surface area (Å²) in [5, 5.41) is 2.97. The van der Waals surface area contributed by atoms with Crippen LogP contribution in [-0.2, 0) is 4.79 Å². The van der Waals surface area contributed by atoms with Crippen molar-refractivity contribution >= 4 is 18.3 Å². The molecule has 16 heavy (non-hydrogen) atoms. The largest absolute Gasteiger partial charge is 0.350 e. The van der Waals surface area contributed by atoms with Gasteiger partial charge in [0.05, 0.1) is 6.54 Å². The number of likely N-dealkylation sites (tertiary alicyclic amines) is 1. The molecule has 0 spiro atoms. The van der Waals surface area contributed by atoms with Gasteiger partial charge in [0.1, 0.15) is 0 Å². The molecule has 5 heteroatoms. The lowest BCUT2D eigenvalue weighted by Crippen LogP contribution is -2.48. The number of nitrogens with zero attached hydrogens (tertiary/aromatic N) is 1. The third-order valence-corrected chi connectivity index (χ3v) is 2.51. The van der Waals surface area contributed by atoms with Crippen LogP contribution >= 0.6 is 12.4 Å². The predicted octanol–water partition coefficient (Wildman–Crippen LogP) is 0.746. The summed E-state index contributed by atoms with van der Waals surface area (Å²) in [6.45, 7) is 8.38. The van der Waals surface area contributed by atoms with Gasteiger partial charge in [-0.25, -0.2) is 0 Å². The molecule has 3 N–H and O–H groups in total. The average Bonchev–Trinajstić information content (AvgIpc) is 2.05. The van der Waals surface area contributed by atoms with Crippen LogP contribution < -0.4 is 11.1 Å². The molecule has 4 nitrogen and oxygen atoms in total. The summed E-state index contributed by atoms with van der Waals surface area (Å²) in [7, 11) is 0. The topological polar surface area (TPSA) is 58.4 Å². The third-order valence-electron chi connectivity index (χ3n) is 2.51. The van der Waals surface area contributed by atoms with E-state index < -0.39 is 0 Å². The normalized spacial score (nSPS) is 19.0. The van der Waals surface area contributed by atoms with Crippen LogP contribution in [0.25, 0.3) is 0 Å². The zero-order valence-corrected chi connectivity index (χ0v) is 11.3. The van der Waals surface area contributed by atoms with E-state index in [9.17, 15) is 4.79 Å². The maximum Gasteiger partial charge on any atom is 0.234 e. The summed E-state index contributed by atoms with van der Waals surface area (Å²) in [5.41, 5.74) is 5.67. The van der Waals surface area contributed by atoms with Gasteiger partial charge in [-0.1, -0.05) is 0 Å². The number of hydrogen-bond donors (Lipinski definition) is 2. The molecule has 0 aromatic heterocycles. The SMILES string of the molecule is CC(C)(C)NC(=O)CN1CCC(N)CC1.Cl. The van der Waals surface area contributed by atoms with Gasteiger partial charge in [-0.2, -0.15) is 0 Å². The number of carbonyl (C=O) groups is 1. The predicted molar refractivity (Wildman–Crippen MR) is 68.8 cm³/mol. The highest BCUT2D eigenvalue weighted by Crippen LogP contribution is 2.07. The Kier molecular flexibility index (Phi) is 6.30. The quantitative estimate of drug-likeness (QED) is 0.759. The van der Waals surface area contributed by atoms with Crippen molar-refractivity contribution in [1.82, 2.24) is 10.2 Å². The molecule has 96 valence electrons. The maximum atomic E-state index is 11.6. The summed E-state index contributed by atoms with van der Waals surface area (Å²) in [4.78, 5) is 13.8. The highest BCUT2D eigenvalue weighted by Gasteiger charge is 2.20. The van der Waals surface area contributed by atoms with Crippen LogP contribution in [0.4, 0.5) is 0 Å². The van der Waals surface area contributed by atoms with Crippen molar-refractivity contribution in [3.05, 3.63) is 0 Å². The van der Waals surface area contributed by atoms with E-state index >= 15 is 0 Å². The summed E-state index contributed by atoms with van der Waals surface area (Å²) >= 11 is 0. The first-order chi connectivity index (χ1) is 6.87. The second-order valence-corrected chi connectivity index (χ2v) is 5.41. The molecule has 0 unspecified atom stereocenters. The van der Waals surface area contributed by atoms with Gasteiger partial charge in [0.25, 0.3) is 0 Å². The lowest BCUT2D eigenvalue weighted by Gasteiger charge is -2.30. The Bertz CT molecular complexity index is 220. The average molecular weight is 250 g/mol. The Balaban J connectivity index is 0.00000225. The smallest absolute Gasteiger partial charge is 0.234 e. The van der Waals surface area contributed by atoms with E-state index in [4.69, 9.17) is 5.73 Å². The Labute approximate surface area is 104 Å². The van der Waals surface area contributed by atoms with Crippen LogP contribution in [0.3, 0.4) is 0 Å². The van der Waals surface area contributed by atoms with E-state index in [2.05, 4.69) is 10.2 Å². The zero-order chi connectivity index (χ0) is 11.5. The van der Waals surface area contributed by atoms with Gasteiger partial charge in [-0.3, -0.25) is 9.69 Å². The van der Waals surface area contributed by atoms with Crippen LogP contribution in [0.15, 0.2) is 0 Å².